The molecule has 0 spiro atoms. The molecular weight excluding hydrogens is 340 g/mol. The van der Waals surface area contributed by atoms with Gasteiger partial charge >= 0.3 is 0 Å². The molecule has 0 aromatic rings. The molecular formula is C21H42N4S. The number of hydrogen-bond acceptors (Lipinski definition) is 3. The van der Waals surface area contributed by atoms with Crippen LogP contribution in [0.15, 0.2) is 0 Å². The van der Waals surface area contributed by atoms with E-state index in [4.69, 9.17) is 12.2 Å². The molecule has 2 rings (SSSR count). The molecule has 0 radical (unpaired) electrons. The van der Waals surface area contributed by atoms with Gasteiger partial charge in [-0.25, -0.2) is 0 Å². The lowest BCUT2D eigenvalue weighted by atomic mass is 9.97. The van der Waals surface area contributed by atoms with Crippen molar-refractivity contribution in [2.24, 2.45) is 0 Å². The lowest BCUT2D eigenvalue weighted by molar-refractivity contribution is 0.160. The number of nitrogens with zero attached hydrogens (tertiary/aromatic N) is 3. The van der Waals surface area contributed by atoms with Gasteiger partial charge in [-0.05, 0) is 71.1 Å². The standard InChI is InChI=1S/C21H42N4S/c1-4-24(5-2)17-18-25(20-13-15-23(3)16-14-20)21(26)22-19-11-9-7-6-8-10-12-19/h19-20H,4-18H2,1-3H3,(H,22,26). The molecule has 2 aliphatic rings. The minimum absolute atomic E-state index is 0.588. The number of hydrogen-bond donors (Lipinski definition) is 1. The first-order chi connectivity index (χ1) is 12.6. The van der Waals surface area contributed by atoms with E-state index < -0.39 is 0 Å². The van der Waals surface area contributed by atoms with E-state index in [1.165, 1.54) is 70.9 Å². The van der Waals surface area contributed by atoms with Gasteiger partial charge in [-0.3, -0.25) is 0 Å². The highest BCUT2D eigenvalue weighted by Crippen LogP contribution is 2.19. The summed E-state index contributed by atoms with van der Waals surface area (Å²) in [5.41, 5.74) is 0. The molecule has 5 heteroatoms. The summed E-state index contributed by atoms with van der Waals surface area (Å²) in [4.78, 5) is 7.50. The van der Waals surface area contributed by atoms with Crippen molar-refractivity contribution in [2.45, 2.75) is 83.7 Å². The predicted molar refractivity (Wildman–Crippen MR) is 117 cm³/mol. The van der Waals surface area contributed by atoms with Gasteiger partial charge < -0.3 is 20.0 Å². The Bertz CT molecular complexity index is 383. The Labute approximate surface area is 167 Å². The Morgan fingerprint density at radius 3 is 2.08 bits per heavy atom. The highest BCUT2D eigenvalue weighted by atomic mass is 32.1. The number of piperidine rings is 1. The van der Waals surface area contributed by atoms with Gasteiger partial charge in [0.15, 0.2) is 5.11 Å². The molecule has 2 fully saturated rings. The van der Waals surface area contributed by atoms with Crippen molar-refractivity contribution in [3.63, 3.8) is 0 Å². The summed E-state index contributed by atoms with van der Waals surface area (Å²) in [6, 6.07) is 1.19. The molecule has 0 unspecified atom stereocenters. The van der Waals surface area contributed by atoms with Crippen molar-refractivity contribution >= 4 is 17.3 Å². The van der Waals surface area contributed by atoms with Gasteiger partial charge in [0.05, 0.1) is 0 Å². The molecule has 1 aliphatic heterocycles. The Kier molecular flexibility index (Phi) is 10.2. The summed E-state index contributed by atoms with van der Waals surface area (Å²) < 4.78 is 0. The fourth-order valence-corrected chi connectivity index (χ4v) is 4.81. The van der Waals surface area contributed by atoms with E-state index in [9.17, 15) is 0 Å². The smallest absolute Gasteiger partial charge is 0.169 e. The van der Waals surface area contributed by atoms with Crippen LogP contribution in [0, 0.1) is 0 Å². The van der Waals surface area contributed by atoms with E-state index in [2.05, 4.69) is 40.9 Å². The number of likely N-dealkylation sites (tertiary alicyclic amines) is 1. The van der Waals surface area contributed by atoms with Crippen molar-refractivity contribution in [1.29, 1.82) is 0 Å². The topological polar surface area (TPSA) is 21.8 Å². The van der Waals surface area contributed by atoms with Gasteiger partial charge in [-0.15, -0.1) is 0 Å². The third-order valence-electron chi connectivity index (χ3n) is 6.37. The molecule has 0 aromatic carbocycles. The average molecular weight is 383 g/mol. The third-order valence-corrected chi connectivity index (χ3v) is 6.73. The zero-order chi connectivity index (χ0) is 18.8. The fourth-order valence-electron chi connectivity index (χ4n) is 4.40. The van der Waals surface area contributed by atoms with Crippen LogP contribution in [0.3, 0.4) is 0 Å². The van der Waals surface area contributed by atoms with E-state index >= 15 is 0 Å². The largest absolute Gasteiger partial charge is 0.360 e. The van der Waals surface area contributed by atoms with Crippen LogP contribution in [-0.2, 0) is 0 Å². The van der Waals surface area contributed by atoms with Gasteiger partial charge in [-0.2, -0.15) is 0 Å². The number of rotatable bonds is 7. The van der Waals surface area contributed by atoms with Gasteiger partial charge in [0, 0.05) is 25.2 Å². The molecule has 4 nitrogen and oxygen atoms in total. The second-order valence-electron chi connectivity index (χ2n) is 8.25. The minimum Gasteiger partial charge on any atom is -0.360 e. The summed E-state index contributed by atoms with van der Waals surface area (Å²) >= 11 is 5.95. The van der Waals surface area contributed by atoms with Crippen LogP contribution in [-0.4, -0.2) is 78.2 Å². The van der Waals surface area contributed by atoms with E-state index in [0.29, 0.717) is 12.1 Å². The van der Waals surface area contributed by atoms with Gasteiger partial charge in [0.2, 0.25) is 0 Å². The SMILES string of the molecule is CCN(CC)CCN(C(=S)NC1CCCCCCC1)C1CCN(C)CC1. The molecule has 1 saturated carbocycles. The van der Waals surface area contributed by atoms with Gasteiger partial charge in [0.1, 0.15) is 0 Å². The predicted octanol–water partition coefficient (Wildman–Crippen LogP) is 3.71. The van der Waals surface area contributed by atoms with E-state index in [1.807, 2.05) is 0 Å². The summed E-state index contributed by atoms with van der Waals surface area (Å²) in [5, 5.41) is 4.81. The van der Waals surface area contributed by atoms with Gasteiger partial charge in [0.25, 0.3) is 0 Å². The highest BCUT2D eigenvalue weighted by molar-refractivity contribution is 7.80. The zero-order valence-electron chi connectivity index (χ0n) is 17.5. The van der Waals surface area contributed by atoms with Crippen LogP contribution in [0.2, 0.25) is 0 Å². The molecule has 1 heterocycles. The van der Waals surface area contributed by atoms with Crippen LogP contribution in [0.4, 0.5) is 0 Å². The first-order valence-corrected chi connectivity index (χ1v) is 11.5. The van der Waals surface area contributed by atoms with Crippen LogP contribution >= 0.6 is 12.2 Å². The molecule has 0 bridgehead atoms. The maximum absolute atomic E-state index is 5.95. The number of thiocarbonyl (C=S) groups is 1. The van der Waals surface area contributed by atoms with Crippen molar-refractivity contribution in [3.05, 3.63) is 0 Å². The summed E-state index contributed by atoms with van der Waals surface area (Å²) in [5.74, 6) is 0. The molecule has 26 heavy (non-hydrogen) atoms. The Morgan fingerprint density at radius 2 is 1.50 bits per heavy atom. The monoisotopic (exact) mass is 382 g/mol. The first kappa shape index (κ1) is 21.9. The quantitative estimate of drug-likeness (QED) is 0.676. The van der Waals surface area contributed by atoms with Crippen LogP contribution in [0.1, 0.15) is 71.6 Å². The van der Waals surface area contributed by atoms with Crippen molar-refractivity contribution in [1.82, 2.24) is 20.0 Å². The molecule has 0 amide bonds. The molecule has 1 N–H and O–H groups in total. The second kappa shape index (κ2) is 12.1. The maximum atomic E-state index is 5.95. The normalized spacial score (nSPS) is 21.4. The van der Waals surface area contributed by atoms with Gasteiger partial charge in [-0.1, -0.05) is 46.0 Å². The summed E-state index contributed by atoms with van der Waals surface area (Å²) in [7, 11) is 2.24. The molecule has 152 valence electrons. The Balaban J connectivity index is 1.94. The average Bonchev–Trinajstić information content (AvgIpc) is 2.62. The maximum Gasteiger partial charge on any atom is 0.169 e. The van der Waals surface area contributed by atoms with Crippen molar-refractivity contribution < 1.29 is 0 Å². The number of likely N-dealkylation sites (N-methyl/N-ethyl adjacent to an activating group) is 1. The zero-order valence-corrected chi connectivity index (χ0v) is 18.3. The third kappa shape index (κ3) is 7.32. The molecule has 0 atom stereocenters. The second-order valence-corrected chi connectivity index (χ2v) is 8.63. The van der Waals surface area contributed by atoms with Crippen molar-refractivity contribution in [2.75, 3.05) is 46.3 Å². The van der Waals surface area contributed by atoms with Crippen LogP contribution in [0.25, 0.3) is 0 Å². The minimum atomic E-state index is 0.588. The lowest BCUT2D eigenvalue weighted by Crippen LogP contribution is -2.54. The first-order valence-electron chi connectivity index (χ1n) is 11.1. The van der Waals surface area contributed by atoms with E-state index in [0.717, 1.165) is 31.3 Å². The molecule has 1 aliphatic carbocycles. The number of nitrogens with one attached hydrogen (secondary N) is 1. The van der Waals surface area contributed by atoms with Crippen molar-refractivity contribution in [3.8, 4) is 0 Å². The van der Waals surface area contributed by atoms with Crippen LogP contribution < -0.4 is 5.32 Å². The molecule has 1 saturated heterocycles. The fraction of sp³-hybridized carbons (Fsp3) is 0.952. The lowest BCUT2D eigenvalue weighted by Gasteiger charge is -2.40. The summed E-state index contributed by atoms with van der Waals surface area (Å²) in [6.07, 6.45) is 12.0. The van der Waals surface area contributed by atoms with Crippen LogP contribution in [0.5, 0.6) is 0 Å². The van der Waals surface area contributed by atoms with E-state index in [-0.39, 0.29) is 0 Å². The molecule has 0 aromatic heterocycles. The Hall–Kier alpha value is -0.390. The summed E-state index contributed by atoms with van der Waals surface area (Å²) in [6.45, 7) is 11.3. The highest BCUT2D eigenvalue weighted by Gasteiger charge is 2.26. The Morgan fingerprint density at radius 1 is 0.923 bits per heavy atom. The van der Waals surface area contributed by atoms with E-state index in [1.54, 1.807) is 0 Å².